The monoisotopic (exact) mass is 170 g/mol. The SMILES string of the molecule is CC(=O)CN1CC(C)CCC1N. The molecule has 0 aromatic heterocycles. The Bertz CT molecular complexity index is 170. The average molecular weight is 170 g/mol. The summed E-state index contributed by atoms with van der Waals surface area (Å²) in [6, 6.07) is 0. The van der Waals surface area contributed by atoms with Crippen LogP contribution in [-0.4, -0.2) is 29.9 Å². The molecule has 0 aromatic rings. The lowest BCUT2D eigenvalue weighted by Gasteiger charge is -2.35. The molecule has 1 aliphatic rings. The maximum atomic E-state index is 10.9. The van der Waals surface area contributed by atoms with Gasteiger partial charge in [0.2, 0.25) is 0 Å². The summed E-state index contributed by atoms with van der Waals surface area (Å²) in [5.74, 6) is 0.892. The van der Waals surface area contributed by atoms with Crippen molar-refractivity contribution in [2.75, 3.05) is 13.1 Å². The molecule has 0 saturated carbocycles. The Morgan fingerprint density at radius 2 is 2.25 bits per heavy atom. The molecule has 3 heteroatoms. The third-order valence-electron chi connectivity index (χ3n) is 2.40. The molecule has 0 bridgehead atoms. The smallest absolute Gasteiger partial charge is 0.143 e. The third kappa shape index (κ3) is 2.57. The zero-order valence-electron chi connectivity index (χ0n) is 7.92. The van der Waals surface area contributed by atoms with Gasteiger partial charge in [0.25, 0.3) is 0 Å². The number of nitrogens with zero attached hydrogens (tertiary/aromatic N) is 1. The summed E-state index contributed by atoms with van der Waals surface area (Å²) in [6.45, 7) is 5.32. The van der Waals surface area contributed by atoms with Gasteiger partial charge in [-0.15, -0.1) is 0 Å². The van der Waals surface area contributed by atoms with Gasteiger partial charge in [-0.3, -0.25) is 9.69 Å². The maximum absolute atomic E-state index is 10.9. The molecule has 1 rings (SSSR count). The zero-order valence-corrected chi connectivity index (χ0v) is 7.92. The lowest BCUT2D eigenvalue weighted by Crippen LogP contribution is -2.49. The van der Waals surface area contributed by atoms with E-state index in [1.165, 1.54) is 6.42 Å². The molecule has 0 spiro atoms. The fraction of sp³-hybridized carbons (Fsp3) is 0.889. The molecule has 1 fully saturated rings. The molecule has 2 unspecified atom stereocenters. The maximum Gasteiger partial charge on any atom is 0.143 e. The molecule has 1 aliphatic heterocycles. The second-order valence-electron chi connectivity index (χ2n) is 3.88. The Hall–Kier alpha value is -0.410. The van der Waals surface area contributed by atoms with Gasteiger partial charge < -0.3 is 5.73 Å². The van der Waals surface area contributed by atoms with Crippen LogP contribution < -0.4 is 5.73 Å². The number of carbonyl (C=O) groups is 1. The minimum absolute atomic E-state index is 0.102. The zero-order chi connectivity index (χ0) is 9.14. The molecule has 0 aromatic carbocycles. The van der Waals surface area contributed by atoms with Crippen molar-refractivity contribution in [1.82, 2.24) is 4.90 Å². The summed E-state index contributed by atoms with van der Waals surface area (Å²) in [5, 5.41) is 0. The van der Waals surface area contributed by atoms with Gasteiger partial charge in [-0.05, 0) is 25.7 Å². The first-order valence-electron chi connectivity index (χ1n) is 4.58. The van der Waals surface area contributed by atoms with E-state index in [0.29, 0.717) is 12.5 Å². The lowest BCUT2D eigenvalue weighted by molar-refractivity contribution is -0.119. The quantitative estimate of drug-likeness (QED) is 0.660. The largest absolute Gasteiger partial charge is 0.316 e. The molecule has 1 heterocycles. The average Bonchev–Trinajstić information content (AvgIpc) is 1.96. The van der Waals surface area contributed by atoms with Crippen LogP contribution in [0.25, 0.3) is 0 Å². The Morgan fingerprint density at radius 1 is 1.58 bits per heavy atom. The standard InChI is InChI=1S/C9H18N2O/c1-7-3-4-9(10)11(5-7)6-8(2)12/h7,9H,3-6,10H2,1-2H3. The van der Waals surface area contributed by atoms with E-state index in [9.17, 15) is 4.79 Å². The third-order valence-corrected chi connectivity index (χ3v) is 2.40. The first kappa shape index (κ1) is 9.68. The molecule has 1 saturated heterocycles. The fourth-order valence-corrected chi connectivity index (χ4v) is 1.73. The minimum atomic E-state index is 0.102. The van der Waals surface area contributed by atoms with Crippen LogP contribution in [0.1, 0.15) is 26.7 Å². The predicted molar refractivity (Wildman–Crippen MR) is 48.6 cm³/mol. The van der Waals surface area contributed by atoms with Crippen molar-refractivity contribution in [2.45, 2.75) is 32.9 Å². The van der Waals surface area contributed by atoms with E-state index in [1.54, 1.807) is 6.92 Å². The number of piperidine rings is 1. The van der Waals surface area contributed by atoms with Gasteiger partial charge in [0.05, 0.1) is 12.7 Å². The number of carbonyl (C=O) groups excluding carboxylic acids is 1. The number of likely N-dealkylation sites (tertiary alicyclic amines) is 1. The summed E-state index contributed by atoms with van der Waals surface area (Å²) in [4.78, 5) is 12.9. The second kappa shape index (κ2) is 4.01. The van der Waals surface area contributed by atoms with Crippen LogP contribution in [0.2, 0.25) is 0 Å². The molecule has 0 radical (unpaired) electrons. The van der Waals surface area contributed by atoms with Gasteiger partial charge in [-0.2, -0.15) is 0 Å². The number of hydrogen-bond donors (Lipinski definition) is 1. The Balaban J connectivity index is 2.43. The molecule has 0 aliphatic carbocycles. The predicted octanol–water partition coefficient (Wildman–Crippen LogP) is 0.592. The molecule has 2 atom stereocenters. The van der Waals surface area contributed by atoms with E-state index in [2.05, 4.69) is 11.8 Å². The van der Waals surface area contributed by atoms with Crippen molar-refractivity contribution in [3.63, 3.8) is 0 Å². The van der Waals surface area contributed by atoms with Crippen molar-refractivity contribution in [3.8, 4) is 0 Å². The van der Waals surface area contributed by atoms with Gasteiger partial charge in [0.15, 0.2) is 0 Å². The number of ketones is 1. The lowest BCUT2D eigenvalue weighted by atomic mass is 9.98. The van der Waals surface area contributed by atoms with Crippen LogP contribution in [0, 0.1) is 5.92 Å². The van der Waals surface area contributed by atoms with E-state index in [-0.39, 0.29) is 11.9 Å². The molecule has 0 amide bonds. The van der Waals surface area contributed by atoms with Crippen LogP contribution in [-0.2, 0) is 4.79 Å². The van der Waals surface area contributed by atoms with Crippen molar-refractivity contribution >= 4 is 5.78 Å². The number of rotatable bonds is 2. The highest BCUT2D eigenvalue weighted by molar-refractivity contribution is 5.77. The van der Waals surface area contributed by atoms with Crippen LogP contribution in [0.5, 0.6) is 0 Å². The summed E-state index contributed by atoms with van der Waals surface area (Å²) in [7, 11) is 0. The fourth-order valence-electron chi connectivity index (χ4n) is 1.73. The van der Waals surface area contributed by atoms with E-state index in [1.807, 2.05) is 0 Å². The first-order chi connectivity index (χ1) is 5.59. The Kier molecular flexibility index (Phi) is 3.23. The molecular formula is C9H18N2O. The van der Waals surface area contributed by atoms with Crippen molar-refractivity contribution in [2.24, 2.45) is 11.7 Å². The van der Waals surface area contributed by atoms with Gasteiger partial charge in [-0.25, -0.2) is 0 Å². The summed E-state index contributed by atoms with van der Waals surface area (Å²) < 4.78 is 0. The Labute approximate surface area is 73.9 Å². The summed E-state index contributed by atoms with van der Waals surface area (Å²) in [6.07, 6.45) is 2.31. The van der Waals surface area contributed by atoms with E-state index in [0.717, 1.165) is 13.0 Å². The van der Waals surface area contributed by atoms with Crippen LogP contribution in [0.4, 0.5) is 0 Å². The normalized spacial score (nSPS) is 31.9. The van der Waals surface area contributed by atoms with Crippen LogP contribution >= 0.6 is 0 Å². The highest BCUT2D eigenvalue weighted by atomic mass is 16.1. The topological polar surface area (TPSA) is 46.3 Å². The molecule has 3 nitrogen and oxygen atoms in total. The number of Topliss-reactive ketones (excluding diaryl/α,β-unsaturated/α-hetero) is 1. The van der Waals surface area contributed by atoms with Gasteiger partial charge in [0.1, 0.15) is 5.78 Å². The molecule has 12 heavy (non-hydrogen) atoms. The molecule has 70 valence electrons. The van der Waals surface area contributed by atoms with Crippen LogP contribution in [0.15, 0.2) is 0 Å². The number of nitrogens with two attached hydrogens (primary N) is 1. The molecule has 2 N–H and O–H groups in total. The van der Waals surface area contributed by atoms with Crippen LogP contribution in [0.3, 0.4) is 0 Å². The first-order valence-corrected chi connectivity index (χ1v) is 4.58. The van der Waals surface area contributed by atoms with E-state index in [4.69, 9.17) is 5.73 Å². The van der Waals surface area contributed by atoms with Crippen molar-refractivity contribution in [3.05, 3.63) is 0 Å². The second-order valence-corrected chi connectivity index (χ2v) is 3.88. The van der Waals surface area contributed by atoms with Crippen molar-refractivity contribution < 1.29 is 4.79 Å². The summed E-state index contributed by atoms with van der Waals surface area (Å²) in [5.41, 5.74) is 5.86. The minimum Gasteiger partial charge on any atom is -0.316 e. The van der Waals surface area contributed by atoms with E-state index < -0.39 is 0 Å². The highest BCUT2D eigenvalue weighted by Crippen LogP contribution is 2.18. The van der Waals surface area contributed by atoms with Gasteiger partial charge >= 0.3 is 0 Å². The highest BCUT2D eigenvalue weighted by Gasteiger charge is 2.23. The number of hydrogen-bond acceptors (Lipinski definition) is 3. The molecular weight excluding hydrogens is 152 g/mol. The summed E-state index contributed by atoms with van der Waals surface area (Å²) >= 11 is 0. The van der Waals surface area contributed by atoms with Gasteiger partial charge in [-0.1, -0.05) is 6.92 Å². The Morgan fingerprint density at radius 3 is 2.83 bits per heavy atom. The van der Waals surface area contributed by atoms with E-state index >= 15 is 0 Å². The van der Waals surface area contributed by atoms with Crippen molar-refractivity contribution in [1.29, 1.82) is 0 Å². The van der Waals surface area contributed by atoms with Gasteiger partial charge in [0, 0.05) is 6.54 Å².